The lowest BCUT2D eigenvalue weighted by atomic mass is 9.89. The topological polar surface area (TPSA) is 16.4 Å². The van der Waals surface area contributed by atoms with Gasteiger partial charge in [0.15, 0.2) is 0 Å². The molecule has 2 heteroatoms. The molecule has 1 aromatic heterocycles. The first-order valence-electron chi connectivity index (χ1n) is 19.1. The van der Waals surface area contributed by atoms with Crippen molar-refractivity contribution in [2.75, 3.05) is 4.90 Å². The summed E-state index contributed by atoms with van der Waals surface area (Å²) in [5, 5.41) is 2.22. The molecule has 0 saturated carbocycles. The fourth-order valence-electron chi connectivity index (χ4n) is 7.99. The van der Waals surface area contributed by atoms with E-state index in [1.807, 2.05) is 6.07 Å². The number of rotatable bonds is 8. The molecule has 1 heterocycles. The van der Waals surface area contributed by atoms with Crippen LogP contribution in [0.3, 0.4) is 0 Å². The average molecular weight is 716 g/mol. The van der Waals surface area contributed by atoms with Crippen molar-refractivity contribution in [2.24, 2.45) is 0 Å². The molecule has 10 rings (SSSR count). The molecule has 0 saturated heterocycles. The van der Waals surface area contributed by atoms with Gasteiger partial charge in [-0.15, -0.1) is 0 Å². The standard InChI is InChI=1S/C54H37NO/c1-4-14-38(15-5-1)41-24-26-44(27-25-41)53-48(36-37-52-54(53)49-21-11-13-23-51(49)56-52)47-20-10-12-22-50(47)55(45-32-28-42(29-33-45)39-16-6-2-7-17-39)46-34-30-43(31-35-46)40-18-8-3-9-19-40/h1-37H. The summed E-state index contributed by atoms with van der Waals surface area (Å²) in [7, 11) is 0. The van der Waals surface area contributed by atoms with E-state index in [-0.39, 0.29) is 0 Å². The first-order valence-corrected chi connectivity index (χ1v) is 19.1. The van der Waals surface area contributed by atoms with Crippen LogP contribution >= 0.6 is 0 Å². The Morgan fingerprint density at radius 2 is 0.714 bits per heavy atom. The van der Waals surface area contributed by atoms with Crippen LogP contribution < -0.4 is 4.90 Å². The molecule has 264 valence electrons. The highest BCUT2D eigenvalue weighted by Gasteiger charge is 2.23. The van der Waals surface area contributed by atoms with Gasteiger partial charge < -0.3 is 9.32 Å². The van der Waals surface area contributed by atoms with Gasteiger partial charge in [0.25, 0.3) is 0 Å². The number of para-hydroxylation sites is 2. The third-order valence-corrected chi connectivity index (χ3v) is 10.7. The van der Waals surface area contributed by atoms with Crippen LogP contribution in [0.4, 0.5) is 17.1 Å². The number of hydrogen-bond donors (Lipinski definition) is 0. The lowest BCUT2D eigenvalue weighted by Crippen LogP contribution is -2.11. The molecule has 0 aliphatic heterocycles. The Morgan fingerprint density at radius 3 is 1.27 bits per heavy atom. The van der Waals surface area contributed by atoms with E-state index in [1.165, 1.54) is 33.4 Å². The van der Waals surface area contributed by atoms with Crippen molar-refractivity contribution in [1.29, 1.82) is 0 Å². The summed E-state index contributed by atoms with van der Waals surface area (Å²) in [5.74, 6) is 0. The first kappa shape index (κ1) is 33.2. The van der Waals surface area contributed by atoms with Crippen LogP contribution in [0.25, 0.3) is 77.6 Å². The van der Waals surface area contributed by atoms with E-state index in [0.29, 0.717) is 0 Å². The number of anilines is 3. The normalized spacial score (nSPS) is 11.2. The predicted molar refractivity (Wildman–Crippen MR) is 236 cm³/mol. The van der Waals surface area contributed by atoms with Crippen LogP contribution in [0.15, 0.2) is 229 Å². The first-order chi connectivity index (χ1) is 27.8. The number of nitrogens with zero attached hydrogens (tertiary/aromatic N) is 1. The second-order valence-electron chi connectivity index (χ2n) is 14.1. The fraction of sp³-hybridized carbons (Fsp3) is 0. The second kappa shape index (κ2) is 14.4. The summed E-state index contributed by atoms with van der Waals surface area (Å²) >= 11 is 0. The van der Waals surface area contributed by atoms with Gasteiger partial charge in [-0.1, -0.05) is 176 Å². The summed E-state index contributed by atoms with van der Waals surface area (Å²) in [5.41, 5.74) is 16.7. The van der Waals surface area contributed by atoms with Crippen LogP contribution in [0, 0.1) is 0 Å². The average Bonchev–Trinajstić information content (AvgIpc) is 3.67. The van der Waals surface area contributed by atoms with Crippen LogP contribution in [-0.2, 0) is 0 Å². The number of hydrogen-bond acceptors (Lipinski definition) is 2. The quantitative estimate of drug-likeness (QED) is 0.156. The molecule has 0 atom stereocenters. The monoisotopic (exact) mass is 715 g/mol. The van der Waals surface area contributed by atoms with E-state index in [4.69, 9.17) is 4.42 Å². The largest absolute Gasteiger partial charge is 0.456 e. The predicted octanol–water partition coefficient (Wildman–Crippen LogP) is 15.4. The lowest BCUT2D eigenvalue weighted by molar-refractivity contribution is 0.669. The molecule has 0 aliphatic carbocycles. The van der Waals surface area contributed by atoms with E-state index in [1.54, 1.807) is 0 Å². The van der Waals surface area contributed by atoms with E-state index in [2.05, 4.69) is 223 Å². The molecule has 9 aromatic carbocycles. The number of furan rings is 1. The Hall–Kier alpha value is -7.42. The lowest BCUT2D eigenvalue weighted by Gasteiger charge is -2.29. The SMILES string of the molecule is c1ccc(-c2ccc(-c3c(-c4ccccc4N(c4ccc(-c5ccccc5)cc4)c4ccc(-c5ccccc5)cc4)ccc4oc5ccccc5c34)cc2)cc1. The van der Waals surface area contributed by atoms with Gasteiger partial charge in [0, 0.05) is 33.3 Å². The van der Waals surface area contributed by atoms with Gasteiger partial charge in [0.2, 0.25) is 0 Å². The maximum absolute atomic E-state index is 6.50. The minimum atomic E-state index is 0.874. The molecular weight excluding hydrogens is 679 g/mol. The fourth-order valence-corrected chi connectivity index (χ4v) is 7.99. The summed E-state index contributed by atoms with van der Waals surface area (Å²) < 4.78 is 6.50. The molecule has 0 spiro atoms. The smallest absolute Gasteiger partial charge is 0.136 e. The Balaban J connectivity index is 1.18. The van der Waals surface area contributed by atoms with Gasteiger partial charge in [-0.05, 0) is 93.0 Å². The van der Waals surface area contributed by atoms with Crippen LogP contribution in [0.5, 0.6) is 0 Å². The summed E-state index contributed by atoms with van der Waals surface area (Å²) in [6, 6.07) is 80.0. The summed E-state index contributed by atoms with van der Waals surface area (Å²) in [6.45, 7) is 0. The zero-order valence-corrected chi connectivity index (χ0v) is 30.7. The Kier molecular flexibility index (Phi) is 8.55. The highest BCUT2D eigenvalue weighted by Crippen LogP contribution is 2.48. The highest BCUT2D eigenvalue weighted by atomic mass is 16.3. The third-order valence-electron chi connectivity index (χ3n) is 10.7. The van der Waals surface area contributed by atoms with Crippen molar-refractivity contribution in [3.63, 3.8) is 0 Å². The van der Waals surface area contributed by atoms with E-state index < -0.39 is 0 Å². The number of fused-ring (bicyclic) bond motifs is 3. The van der Waals surface area contributed by atoms with Crippen molar-refractivity contribution in [2.45, 2.75) is 0 Å². The zero-order valence-electron chi connectivity index (χ0n) is 30.7. The molecule has 0 fully saturated rings. The summed E-state index contributed by atoms with van der Waals surface area (Å²) in [6.07, 6.45) is 0. The Labute approximate surface area is 327 Å². The molecule has 0 amide bonds. The van der Waals surface area contributed by atoms with Gasteiger partial charge in [-0.2, -0.15) is 0 Å². The number of benzene rings is 9. The molecule has 0 unspecified atom stereocenters. The molecular formula is C54H37NO. The van der Waals surface area contributed by atoms with E-state index in [9.17, 15) is 0 Å². The van der Waals surface area contributed by atoms with Gasteiger partial charge in [-0.25, -0.2) is 0 Å². The highest BCUT2D eigenvalue weighted by molar-refractivity contribution is 6.16. The molecule has 0 bridgehead atoms. The molecule has 56 heavy (non-hydrogen) atoms. The van der Waals surface area contributed by atoms with Crippen molar-refractivity contribution >= 4 is 39.0 Å². The third kappa shape index (κ3) is 6.14. The van der Waals surface area contributed by atoms with Crippen LogP contribution in [0.1, 0.15) is 0 Å². The molecule has 10 aromatic rings. The maximum Gasteiger partial charge on any atom is 0.136 e. The molecule has 2 nitrogen and oxygen atoms in total. The zero-order chi connectivity index (χ0) is 37.3. The minimum Gasteiger partial charge on any atom is -0.456 e. The van der Waals surface area contributed by atoms with Crippen molar-refractivity contribution in [1.82, 2.24) is 0 Å². The van der Waals surface area contributed by atoms with Crippen molar-refractivity contribution in [3.8, 4) is 55.6 Å². The van der Waals surface area contributed by atoms with Gasteiger partial charge >= 0.3 is 0 Å². The Bertz CT molecular complexity index is 2830. The van der Waals surface area contributed by atoms with Crippen molar-refractivity contribution < 1.29 is 4.42 Å². The van der Waals surface area contributed by atoms with Crippen molar-refractivity contribution in [3.05, 3.63) is 224 Å². The van der Waals surface area contributed by atoms with Crippen LogP contribution in [-0.4, -0.2) is 0 Å². The molecule has 0 radical (unpaired) electrons. The van der Waals surface area contributed by atoms with Gasteiger partial charge in [0.1, 0.15) is 11.2 Å². The van der Waals surface area contributed by atoms with E-state index >= 15 is 0 Å². The second-order valence-corrected chi connectivity index (χ2v) is 14.1. The minimum absolute atomic E-state index is 0.874. The van der Waals surface area contributed by atoms with E-state index in [0.717, 1.165) is 61.3 Å². The Morgan fingerprint density at radius 1 is 0.286 bits per heavy atom. The molecule has 0 N–H and O–H groups in total. The van der Waals surface area contributed by atoms with Gasteiger partial charge in [-0.3, -0.25) is 0 Å². The summed E-state index contributed by atoms with van der Waals surface area (Å²) in [4.78, 5) is 2.39. The van der Waals surface area contributed by atoms with Gasteiger partial charge in [0.05, 0.1) is 5.69 Å². The maximum atomic E-state index is 6.50. The van der Waals surface area contributed by atoms with Crippen LogP contribution in [0.2, 0.25) is 0 Å². The molecule has 0 aliphatic rings.